The summed E-state index contributed by atoms with van der Waals surface area (Å²) < 4.78 is 9.97. The van der Waals surface area contributed by atoms with Gasteiger partial charge in [0.15, 0.2) is 5.58 Å². The van der Waals surface area contributed by atoms with Crippen molar-refractivity contribution < 1.29 is 18.8 Å². The number of aromatic nitrogens is 1. The third-order valence-corrected chi connectivity index (χ3v) is 3.22. The summed E-state index contributed by atoms with van der Waals surface area (Å²) in [4.78, 5) is 23.0. The number of hydrogen-bond acceptors (Lipinski definition) is 5. The van der Waals surface area contributed by atoms with E-state index in [4.69, 9.17) is 9.26 Å². The van der Waals surface area contributed by atoms with E-state index in [1.165, 1.54) is 0 Å². The van der Waals surface area contributed by atoms with E-state index in [0.29, 0.717) is 17.9 Å². The van der Waals surface area contributed by atoms with Crippen LogP contribution in [-0.4, -0.2) is 30.2 Å². The Balaban J connectivity index is 2.04. The Labute approximate surface area is 122 Å². The van der Waals surface area contributed by atoms with Gasteiger partial charge in [-0.05, 0) is 44.0 Å². The molecule has 0 unspecified atom stereocenters. The summed E-state index contributed by atoms with van der Waals surface area (Å²) in [7, 11) is 0. The number of rotatable bonds is 5. The lowest BCUT2D eigenvalue weighted by molar-refractivity contribution is -0.143. The third kappa shape index (κ3) is 3.59. The first-order chi connectivity index (χ1) is 10.0. The van der Waals surface area contributed by atoms with Gasteiger partial charge in [0.05, 0.1) is 13.0 Å². The number of amides is 1. The van der Waals surface area contributed by atoms with Crippen LogP contribution in [0, 0.1) is 13.8 Å². The molecule has 0 aliphatic carbocycles. The van der Waals surface area contributed by atoms with Crippen molar-refractivity contribution >= 4 is 22.8 Å². The highest BCUT2D eigenvalue weighted by molar-refractivity contribution is 5.88. The monoisotopic (exact) mass is 290 g/mol. The first-order valence-electron chi connectivity index (χ1n) is 6.79. The van der Waals surface area contributed by atoms with Crippen LogP contribution in [0.4, 0.5) is 0 Å². The van der Waals surface area contributed by atoms with Crippen molar-refractivity contribution in [1.29, 1.82) is 0 Å². The number of carbonyl (C=O) groups is 2. The highest BCUT2D eigenvalue weighted by Crippen LogP contribution is 2.22. The maximum Gasteiger partial charge on any atom is 0.325 e. The van der Waals surface area contributed by atoms with Gasteiger partial charge in [0, 0.05) is 5.39 Å². The van der Waals surface area contributed by atoms with E-state index in [2.05, 4.69) is 10.5 Å². The molecule has 0 saturated heterocycles. The SMILES string of the molecule is CCOC(=O)CNC(=O)Cc1noc2cc(C)c(C)cc12. The normalized spacial score (nSPS) is 10.6. The maximum atomic E-state index is 11.8. The summed E-state index contributed by atoms with van der Waals surface area (Å²) >= 11 is 0. The molecule has 112 valence electrons. The largest absolute Gasteiger partial charge is 0.465 e. The van der Waals surface area contributed by atoms with Crippen LogP contribution in [0.25, 0.3) is 11.0 Å². The summed E-state index contributed by atoms with van der Waals surface area (Å²) in [5.74, 6) is -0.751. The molecule has 0 aliphatic heterocycles. The van der Waals surface area contributed by atoms with E-state index in [1.54, 1.807) is 6.92 Å². The maximum absolute atomic E-state index is 11.8. The van der Waals surface area contributed by atoms with Crippen molar-refractivity contribution in [3.63, 3.8) is 0 Å². The molecule has 6 nitrogen and oxygen atoms in total. The Bertz CT molecular complexity index is 676. The minimum atomic E-state index is -0.456. The molecule has 0 aliphatic rings. The first-order valence-corrected chi connectivity index (χ1v) is 6.79. The van der Waals surface area contributed by atoms with E-state index in [9.17, 15) is 9.59 Å². The van der Waals surface area contributed by atoms with Gasteiger partial charge >= 0.3 is 5.97 Å². The zero-order valence-corrected chi connectivity index (χ0v) is 12.4. The Hall–Kier alpha value is -2.37. The molecule has 1 N–H and O–H groups in total. The molecule has 2 rings (SSSR count). The number of hydrogen-bond donors (Lipinski definition) is 1. The summed E-state index contributed by atoms with van der Waals surface area (Å²) in [6, 6.07) is 3.85. The fraction of sp³-hybridized carbons (Fsp3) is 0.400. The fourth-order valence-corrected chi connectivity index (χ4v) is 1.97. The molecule has 0 spiro atoms. The third-order valence-electron chi connectivity index (χ3n) is 3.22. The number of esters is 1. The van der Waals surface area contributed by atoms with E-state index >= 15 is 0 Å². The van der Waals surface area contributed by atoms with Crippen LogP contribution in [0.2, 0.25) is 0 Å². The minimum Gasteiger partial charge on any atom is -0.465 e. The first kappa shape index (κ1) is 15.0. The molecule has 1 aromatic carbocycles. The Kier molecular flexibility index (Phi) is 4.57. The summed E-state index contributed by atoms with van der Waals surface area (Å²) in [5.41, 5.74) is 3.44. The molecule has 6 heteroatoms. The molecule has 2 aromatic rings. The molecule has 21 heavy (non-hydrogen) atoms. The van der Waals surface area contributed by atoms with Gasteiger partial charge in [-0.1, -0.05) is 5.16 Å². The molecule has 0 bridgehead atoms. The topological polar surface area (TPSA) is 81.4 Å². The van der Waals surface area contributed by atoms with Gasteiger partial charge in [-0.15, -0.1) is 0 Å². The van der Waals surface area contributed by atoms with E-state index in [1.807, 2.05) is 26.0 Å². The summed E-state index contributed by atoms with van der Waals surface area (Å²) in [6.45, 7) is 5.85. The van der Waals surface area contributed by atoms with E-state index in [0.717, 1.165) is 16.5 Å². The standard InChI is InChI=1S/C15H18N2O4/c1-4-20-15(19)8-16-14(18)7-12-11-5-9(2)10(3)6-13(11)21-17-12/h5-6H,4,7-8H2,1-3H3,(H,16,18). The second kappa shape index (κ2) is 6.39. The van der Waals surface area contributed by atoms with Gasteiger partial charge in [0.25, 0.3) is 0 Å². The molecule has 1 amide bonds. The number of ether oxygens (including phenoxy) is 1. The summed E-state index contributed by atoms with van der Waals surface area (Å²) in [6.07, 6.45) is 0.0644. The molecular formula is C15H18N2O4. The van der Waals surface area contributed by atoms with Gasteiger partial charge in [-0.3, -0.25) is 9.59 Å². The van der Waals surface area contributed by atoms with Crippen LogP contribution in [0.1, 0.15) is 23.7 Å². The van der Waals surface area contributed by atoms with Gasteiger partial charge in [-0.25, -0.2) is 0 Å². The number of aryl methyl sites for hydroxylation is 2. The molecule has 0 fully saturated rings. The molecule has 0 radical (unpaired) electrons. The van der Waals surface area contributed by atoms with Crippen molar-refractivity contribution in [1.82, 2.24) is 10.5 Å². The number of benzene rings is 1. The Morgan fingerprint density at radius 3 is 2.71 bits per heavy atom. The lowest BCUT2D eigenvalue weighted by atomic mass is 10.1. The molecule has 0 saturated carbocycles. The van der Waals surface area contributed by atoms with Crippen LogP contribution >= 0.6 is 0 Å². The predicted molar refractivity (Wildman–Crippen MR) is 76.8 cm³/mol. The van der Waals surface area contributed by atoms with Crippen molar-refractivity contribution in [2.24, 2.45) is 0 Å². The van der Waals surface area contributed by atoms with Gasteiger partial charge in [0.2, 0.25) is 5.91 Å². The van der Waals surface area contributed by atoms with Crippen molar-refractivity contribution in [3.8, 4) is 0 Å². The highest BCUT2D eigenvalue weighted by atomic mass is 16.5. The second-order valence-electron chi connectivity index (χ2n) is 4.82. The van der Waals surface area contributed by atoms with Crippen LogP contribution < -0.4 is 5.32 Å². The average Bonchev–Trinajstić information content (AvgIpc) is 2.80. The Morgan fingerprint density at radius 2 is 2.00 bits per heavy atom. The van der Waals surface area contributed by atoms with Crippen LogP contribution in [0.15, 0.2) is 16.7 Å². The Morgan fingerprint density at radius 1 is 1.29 bits per heavy atom. The average molecular weight is 290 g/mol. The number of nitrogens with zero attached hydrogens (tertiary/aromatic N) is 1. The van der Waals surface area contributed by atoms with E-state index in [-0.39, 0.29) is 18.9 Å². The second-order valence-corrected chi connectivity index (χ2v) is 4.82. The number of carbonyl (C=O) groups excluding carboxylic acids is 2. The quantitative estimate of drug-likeness (QED) is 0.847. The number of nitrogens with one attached hydrogen (secondary N) is 1. The van der Waals surface area contributed by atoms with Crippen LogP contribution in [0.5, 0.6) is 0 Å². The van der Waals surface area contributed by atoms with E-state index < -0.39 is 5.97 Å². The molecule has 1 heterocycles. The molecule has 0 atom stereocenters. The van der Waals surface area contributed by atoms with Crippen molar-refractivity contribution in [3.05, 3.63) is 29.0 Å². The smallest absolute Gasteiger partial charge is 0.325 e. The van der Waals surface area contributed by atoms with Gasteiger partial charge < -0.3 is 14.6 Å². The zero-order valence-electron chi connectivity index (χ0n) is 12.4. The highest BCUT2D eigenvalue weighted by Gasteiger charge is 2.14. The predicted octanol–water partition coefficient (Wildman–Crippen LogP) is 1.67. The lowest BCUT2D eigenvalue weighted by Crippen LogP contribution is -2.31. The number of fused-ring (bicyclic) bond motifs is 1. The van der Waals surface area contributed by atoms with Crippen LogP contribution in [-0.2, 0) is 20.7 Å². The minimum absolute atomic E-state index is 0.0644. The lowest BCUT2D eigenvalue weighted by Gasteiger charge is -2.04. The fourth-order valence-electron chi connectivity index (χ4n) is 1.97. The van der Waals surface area contributed by atoms with Gasteiger partial charge in [-0.2, -0.15) is 0 Å². The zero-order chi connectivity index (χ0) is 15.4. The summed E-state index contributed by atoms with van der Waals surface area (Å²) in [5, 5.41) is 7.25. The molecule has 1 aromatic heterocycles. The van der Waals surface area contributed by atoms with Crippen molar-refractivity contribution in [2.75, 3.05) is 13.2 Å². The molecular weight excluding hydrogens is 272 g/mol. The van der Waals surface area contributed by atoms with Crippen molar-refractivity contribution in [2.45, 2.75) is 27.2 Å². The van der Waals surface area contributed by atoms with Gasteiger partial charge in [0.1, 0.15) is 12.2 Å². The van der Waals surface area contributed by atoms with Crippen LogP contribution in [0.3, 0.4) is 0 Å².